The molecule has 0 saturated carbocycles. The molecule has 0 unspecified atom stereocenters. The molecule has 0 spiro atoms. The largest absolute Gasteiger partial charge is 0.334 e. The van der Waals surface area contributed by atoms with Crippen molar-refractivity contribution in [3.05, 3.63) is 52.7 Å². The second kappa shape index (κ2) is 8.28. The Kier molecular flexibility index (Phi) is 5.55. The van der Waals surface area contributed by atoms with E-state index in [1.807, 2.05) is 56.5 Å². The lowest BCUT2D eigenvalue weighted by Crippen LogP contribution is -2.18. The van der Waals surface area contributed by atoms with E-state index >= 15 is 0 Å². The van der Waals surface area contributed by atoms with Crippen LogP contribution in [0.1, 0.15) is 17.0 Å². The number of thiazole rings is 1. The number of rotatable bonds is 6. The van der Waals surface area contributed by atoms with E-state index in [0.717, 1.165) is 22.6 Å². The zero-order valence-corrected chi connectivity index (χ0v) is 18.3. The Bertz CT molecular complexity index is 1190. The second-order valence-electron chi connectivity index (χ2n) is 6.73. The fourth-order valence-electron chi connectivity index (χ4n) is 2.82. The summed E-state index contributed by atoms with van der Waals surface area (Å²) >= 11 is 2.58. The van der Waals surface area contributed by atoms with Crippen LogP contribution in [-0.2, 0) is 4.79 Å². The van der Waals surface area contributed by atoms with Crippen LogP contribution in [0.2, 0.25) is 0 Å². The van der Waals surface area contributed by atoms with Crippen molar-refractivity contribution in [1.82, 2.24) is 29.6 Å². The smallest absolute Gasteiger partial charge is 0.271 e. The Morgan fingerprint density at radius 3 is 2.67 bits per heavy atom. The summed E-state index contributed by atoms with van der Waals surface area (Å²) in [5.41, 5.74) is 4.79. The van der Waals surface area contributed by atoms with E-state index in [4.69, 9.17) is 5.84 Å². The topological polar surface area (TPSA) is 117 Å². The number of aryl methyl sites for hydroxylation is 3. The predicted octanol–water partition coefficient (Wildman–Crippen LogP) is 2.96. The van der Waals surface area contributed by atoms with Crippen LogP contribution in [0, 0.1) is 20.8 Å². The van der Waals surface area contributed by atoms with Crippen LogP contribution in [0.15, 0.2) is 40.9 Å². The first kappa shape index (κ1) is 20.1. The highest BCUT2D eigenvalue weighted by Crippen LogP contribution is 2.25. The van der Waals surface area contributed by atoms with Gasteiger partial charge in [0.05, 0.1) is 17.1 Å². The number of carbonyl (C=O) groups excluding carboxylic acids is 1. The van der Waals surface area contributed by atoms with Gasteiger partial charge in [-0.25, -0.2) is 14.3 Å². The Morgan fingerprint density at radius 1 is 1.20 bits per heavy atom. The summed E-state index contributed by atoms with van der Waals surface area (Å²) < 4.78 is 2.95. The zero-order chi connectivity index (χ0) is 21.3. The summed E-state index contributed by atoms with van der Waals surface area (Å²) in [6.07, 6.45) is 0. The van der Waals surface area contributed by atoms with Crippen molar-refractivity contribution >= 4 is 34.1 Å². The molecule has 9 nitrogen and oxygen atoms in total. The molecule has 4 aromatic rings. The van der Waals surface area contributed by atoms with Crippen molar-refractivity contribution in [2.45, 2.75) is 25.9 Å². The van der Waals surface area contributed by atoms with E-state index in [-0.39, 0.29) is 11.7 Å². The first-order valence-corrected chi connectivity index (χ1v) is 11.0. The van der Waals surface area contributed by atoms with Gasteiger partial charge in [0, 0.05) is 16.6 Å². The number of anilines is 1. The Labute approximate surface area is 181 Å². The summed E-state index contributed by atoms with van der Waals surface area (Å²) in [5, 5.41) is 18.2. The molecule has 0 bridgehead atoms. The second-order valence-corrected chi connectivity index (χ2v) is 8.53. The molecule has 0 aliphatic carbocycles. The summed E-state index contributed by atoms with van der Waals surface area (Å²) in [4.78, 5) is 16.8. The third-order valence-electron chi connectivity index (χ3n) is 4.28. The van der Waals surface area contributed by atoms with Crippen molar-refractivity contribution in [3.8, 4) is 17.2 Å². The third kappa shape index (κ3) is 4.21. The fraction of sp³-hybridized carbons (Fsp3) is 0.211. The molecule has 30 heavy (non-hydrogen) atoms. The van der Waals surface area contributed by atoms with Gasteiger partial charge in [0.1, 0.15) is 0 Å². The van der Waals surface area contributed by atoms with Crippen molar-refractivity contribution in [2.75, 3.05) is 16.9 Å². The van der Waals surface area contributed by atoms with E-state index < -0.39 is 0 Å². The minimum absolute atomic E-state index is 0.131. The SMILES string of the molecule is Cc1ccc(-c2csc(NC(=O)CSc3nnc(-n4nc(C)cc4C)n3N)n2)cc1. The van der Waals surface area contributed by atoms with Gasteiger partial charge in [0.25, 0.3) is 5.95 Å². The van der Waals surface area contributed by atoms with E-state index in [1.165, 1.54) is 33.3 Å². The highest BCUT2D eigenvalue weighted by atomic mass is 32.2. The van der Waals surface area contributed by atoms with Gasteiger partial charge in [-0.05, 0) is 26.8 Å². The summed E-state index contributed by atoms with van der Waals surface area (Å²) in [7, 11) is 0. The number of hydrogen-bond acceptors (Lipinski definition) is 8. The molecule has 3 N–H and O–H groups in total. The van der Waals surface area contributed by atoms with Crippen LogP contribution >= 0.6 is 23.1 Å². The van der Waals surface area contributed by atoms with E-state index in [0.29, 0.717) is 16.2 Å². The monoisotopic (exact) mass is 440 g/mol. The number of aromatic nitrogens is 6. The minimum Gasteiger partial charge on any atom is -0.334 e. The zero-order valence-electron chi connectivity index (χ0n) is 16.7. The molecular formula is C19H20N8OS2. The molecule has 0 atom stereocenters. The first-order chi connectivity index (χ1) is 14.4. The fourth-order valence-corrected chi connectivity index (χ4v) is 4.20. The molecular weight excluding hydrogens is 420 g/mol. The van der Waals surface area contributed by atoms with E-state index in [9.17, 15) is 4.79 Å². The molecule has 11 heteroatoms. The highest BCUT2D eigenvalue weighted by Gasteiger charge is 2.16. The Hall–Kier alpha value is -3.18. The summed E-state index contributed by atoms with van der Waals surface area (Å²) in [6.45, 7) is 5.84. The molecule has 0 radical (unpaired) electrons. The molecule has 1 aromatic carbocycles. The number of benzene rings is 1. The van der Waals surface area contributed by atoms with Crippen molar-refractivity contribution < 1.29 is 4.79 Å². The van der Waals surface area contributed by atoms with Crippen LogP contribution < -0.4 is 11.2 Å². The quantitative estimate of drug-likeness (QED) is 0.350. The molecule has 3 heterocycles. The number of hydrogen-bond donors (Lipinski definition) is 2. The lowest BCUT2D eigenvalue weighted by molar-refractivity contribution is -0.113. The summed E-state index contributed by atoms with van der Waals surface area (Å²) in [5.74, 6) is 6.43. The van der Waals surface area contributed by atoms with Crippen molar-refractivity contribution in [3.63, 3.8) is 0 Å². The van der Waals surface area contributed by atoms with Crippen LogP contribution in [0.25, 0.3) is 17.2 Å². The molecule has 1 amide bonds. The average molecular weight is 441 g/mol. The molecule has 0 fully saturated rings. The molecule has 4 rings (SSSR count). The molecule has 0 aliphatic heterocycles. The highest BCUT2D eigenvalue weighted by molar-refractivity contribution is 7.99. The maximum Gasteiger partial charge on any atom is 0.271 e. The first-order valence-electron chi connectivity index (χ1n) is 9.10. The van der Waals surface area contributed by atoms with Gasteiger partial charge in [-0.3, -0.25) is 4.79 Å². The normalized spacial score (nSPS) is 11.0. The van der Waals surface area contributed by atoms with Gasteiger partial charge in [-0.1, -0.05) is 41.6 Å². The van der Waals surface area contributed by atoms with Crippen LogP contribution in [0.3, 0.4) is 0 Å². The molecule has 0 aliphatic rings. The number of nitrogens with two attached hydrogens (primary N) is 1. The number of nitrogens with one attached hydrogen (secondary N) is 1. The number of carbonyl (C=O) groups is 1. The standard InChI is InChI=1S/C19H20N8OS2/c1-11-4-6-14(7-5-11)15-9-29-17(21-15)22-16(28)10-30-19-24-23-18(26(19)20)27-13(3)8-12(2)25-27/h4-9H,10,20H2,1-3H3,(H,21,22,28). The molecule has 154 valence electrons. The number of nitrogens with zero attached hydrogens (tertiary/aromatic N) is 6. The Morgan fingerprint density at radius 2 is 1.97 bits per heavy atom. The third-order valence-corrected chi connectivity index (χ3v) is 5.98. The predicted molar refractivity (Wildman–Crippen MR) is 118 cm³/mol. The maximum atomic E-state index is 12.3. The molecule has 3 aromatic heterocycles. The molecule has 0 saturated heterocycles. The van der Waals surface area contributed by atoms with Gasteiger partial charge in [-0.2, -0.15) is 5.10 Å². The maximum absolute atomic E-state index is 12.3. The van der Waals surface area contributed by atoms with E-state index in [1.54, 1.807) is 4.68 Å². The van der Waals surface area contributed by atoms with Gasteiger partial charge in [0.2, 0.25) is 11.1 Å². The summed E-state index contributed by atoms with van der Waals surface area (Å²) in [6, 6.07) is 10.0. The lowest BCUT2D eigenvalue weighted by Gasteiger charge is -2.05. The number of amides is 1. The van der Waals surface area contributed by atoms with Gasteiger partial charge >= 0.3 is 0 Å². The van der Waals surface area contributed by atoms with Gasteiger partial charge in [-0.15, -0.1) is 21.5 Å². The van der Waals surface area contributed by atoms with Crippen molar-refractivity contribution in [2.24, 2.45) is 0 Å². The number of nitrogen functional groups attached to an aromatic ring is 1. The van der Waals surface area contributed by atoms with Gasteiger partial charge in [0.15, 0.2) is 5.13 Å². The van der Waals surface area contributed by atoms with Gasteiger partial charge < -0.3 is 11.2 Å². The van der Waals surface area contributed by atoms with Crippen molar-refractivity contribution in [1.29, 1.82) is 0 Å². The Balaban J connectivity index is 1.38. The lowest BCUT2D eigenvalue weighted by atomic mass is 10.1. The van der Waals surface area contributed by atoms with Crippen LogP contribution in [-0.4, -0.2) is 41.3 Å². The average Bonchev–Trinajstić information content (AvgIpc) is 3.40. The van der Waals surface area contributed by atoms with Crippen LogP contribution in [0.5, 0.6) is 0 Å². The van der Waals surface area contributed by atoms with E-state index in [2.05, 4.69) is 25.6 Å². The van der Waals surface area contributed by atoms with Crippen LogP contribution in [0.4, 0.5) is 5.13 Å². The minimum atomic E-state index is -0.194. The number of thioether (sulfide) groups is 1.